The smallest absolute Gasteiger partial charge is 0.471 e. The lowest BCUT2D eigenvalue weighted by atomic mass is 9.90. The number of halogens is 5. The molecule has 1 aliphatic heterocycles. The summed E-state index contributed by atoms with van der Waals surface area (Å²) in [6, 6.07) is 2.99. The van der Waals surface area contributed by atoms with E-state index in [1.807, 2.05) is 0 Å². The predicted octanol–water partition coefficient (Wildman–Crippen LogP) is 4.18. The first-order valence-corrected chi connectivity index (χ1v) is 8.28. The summed E-state index contributed by atoms with van der Waals surface area (Å²) in [5.74, 6) is -3.23. The highest BCUT2D eigenvalue weighted by Crippen LogP contribution is 2.36. The first-order chi connectivity index (χ1) is 10.6. The maximum atomic E-state index is 12.6. The van der Waals surface area contributed by atoms with Crippen LogP contribution in [0.15, 0.2) is 21.1 Å². The van der Waals surface area contributed by atoms with Gasteiger partial charge in [-0.05, 0) is 46.5 Å². The Morgan fingerprint density at radius 3 is 2.43 bits per heavy atom. The van der Waals surface area contributed by atoms with Gasteiger partial charge in [-0.25, -0.2) is 4.79 Å². The van der Waals surface area contributed by atoms with Crippen LogP contribution in [0, 0.1) is 0 Å². The number of hydrogen-bond acceptors (Lipinski definition) is 2. The van der Waals surface area contributed by atoms with Gasteiger partial charge in [-0.2, -0.15) is 13.2 Å². The van der Waals surface area contributed by atoms with E-state index in [-0.39, 0.29) is 24.6 Å². The summed E-state index contributed by atoms with van der Waals surface area (Å²) in [5.41, 5.74) is 0.737. The molecule has 23 heavy (non-hydrogen) atoms. The van der Waals surface area contributed by atoms with Gasteiger partial charge >= 0.3 is 18.1 Å². The number of carbonyl (C=O) groups is 2. The first kappa shape index (κ1) is 18.3. The molecule has 0 radical (unpaired) electrons. The SMILES string of the molecule is O=C(O)c1cc(Br)c(C2CCCN(C(=O)C(F)(F)F)C2)cc1Br. The Bertz CT molecular complexity index is 649. The molecule has 1 aromatic carbocycles. The fourth-order valence-corrected chi connectivity index (χ4v) is 3.83. The summed E-state index contributed by atoms with van der Waals surface area (Å²) in [6.45, 7) is 0.0244. The summed E-state index contributed by atoms with van der Waals surface area (Å²) >= 11 is 6.43. The minimum absolute atomic E-state index is 0.0458. The van der Waals surface area contributed by atoms with Crippen molar-refractivity contribution in [2.75, 3.05) is 13.1 Å². The Balaban J connectivity index is 2.27. The minimum atomic E-state index is -4.88. The molecule has 1 N–H and O–H groups in total. The second-order valence-corrected chi connectivity index (χ2v) is 6.96. The Morgan fingerprint density at radius 2 is 1.87 bits per heavy atom. The molecule has 0 saturated carbocycles. The maximum absolute atomic E-state index is 12.6. The lowest BCUT2D eigenvalue weighted by molar-refractivity contribution is -0.186. The molecule has 0 spiro atoms. The Hall–Kier alpha value is -1.09. The van der Waals surface area contributed by atoms with Gasteiger partial charge in [-0.1, -0.05) is 15.9 Å². The molecular formula is C14H12Br2F3NO3. The van der Waals surface area contributed by atoms with Crippen LogP contribution in [0.25, 0.3) is 0 Å². The van der Waals surface area contributed by atoms with E-state index in [1.165, 1.54) is 6.07 Å². The van der Waals surface area contributed by atoms with Gasteiger partial charge in [0.15, 0.2) is 0 Å². The molecule has 9 heteroatoms. The second-order valence-electron chi connectivity index (χ2n) is 5.25. The third-order valence-electron chi connectivity index (χ3n) is 3.71. The van der Waals surface area contributed by atoms with Crippen LogP contribution >= 0.6 is 31.9 Å². The summed E-state index contributed by atoms with van der Waals surface area (Å²) < 4.78 is 38.6. The number of benzene rings is 1. The third-order valence-corrected chi connectivity index (χ3v) is 5.05. The van der Waals surface area contributed by atoms with Crippen LogP contribution in [-0.4, -0.2) is 41.1 Å². The predicted molar refractivity (Wildman–Crippen MR) is 83.4 cm³/mol. The molecule has 1 aromatic rings. The minimum Gasteiger partial charge on any atom is -0.478 e. The molecule has 2 rings (SSSR count). The number of likely N-dealkylation sites (tertiary alicyclic amines) is 1. The van der Waals surface area contributed by atoms with Crippen LogP contribution in [0.5, 0.6) is 0 Å². The monoisotopic (exact) mass is 457 g/mol. The van der Waals surface area contributed by atoms with E-state index in [2.05, 4.69) is 31.9 Å². The lowest BCUT2D eigenvalue weighted by Crippen LogP contribution is -2.45. The molecule has 1 fully saturated rings. The van der Waals surface area contributed by atoms with Crippen molar-refractivity contribution in [2.24, 2.45) is 0 Å². The highest BCUT2D eigenvalue weighted by atomic mass is 79.9. The van der Waals surface area contributed by atoms with E-state index < -0.39 is 18.1 Å². The van der Waals surface area contributed by atoms with E-state index in [9.17, 15) is 22.8 Å². The van der Waals surface area contributed by atoms with E-state index in [4.69, 9.17) is 5.11 Å². The summed E-state index contributed by atoms with van der Waals surface area (Å²) in [4.78, 5) is 23.3. The van der Waals surface area contributed by atoms with Gasteiger partial charge in [0.2, 0.25) is 0 Å². The molecule has 1 heterocycles. The molecule has 1 unspecified atom stereocenters. The van der Waals surface area contributed by atoms with Crippen molar-refractivity contribution in [2.45, 2.75) is 24.9 Å². The van der Waals surface area contributed by atoms with Gasteiger partial charge in [0.1, 0.15) is 0 Å². The topological polar surface area (TPSA) is 57.6 Å². The lowest BCUT2D eigenvalue weighted by Gasteiger charge is -2.34. The third kappa shape index (κ3) is 4.06. The van der Waals surface area contributed by atoms with Gasteiger partial charge in [-0.15, -0.1) is 0 Å². The Kier molecular flexibility index (Phi) is 5.40. The largest absolute Gasteiger partial charge is 0.478 e. The normalized spacial score (nSPS) is 18.8. The zero-order valence-corrected chi connectivity index (χ0v) is 14.8. The number of carboxylic acids is 1. The highest BCUT2D eigenvalue weighted by molar-refractivity contribution is 9.11. The first-order valence-electron chi connectivity index (χ1n) is 6.69. The Labute approximate surface area is 146 Å². The number of carbonyl (C=O) groups excluding carboxylic acids is 1. The number of piperidine rings is 1. The molecule has 0 aliphatic carbocycles. The van der Waals surface area contributed by atoms with Crippen molar-refractivity contribution in [3.63, 3.8) is 0 Å². The maximum Gasteiger partial charge on any atom is 0.471 e. The number of amides is 1. The van der Waals surface area contributed by atoms with E-state index in [1.54, 1.807) is 6.07 Å². The van der Waals surface area contributed by atoms with Crippen LogP contribution in [0.1, 0.15) is 34.7 Å². The van der Waals surface area contributed by atoms with Crippen LogP contribution < -0.4 is 0 Å². The number of aromatic carboxylic acids is 1. The number of alkyl halides is 3. The molecule has 1 atom stereocenters. The molecule has 0 aromatic heterocycles. The Morgan fingerprint density at radius 1 is 1.22 bits per heavy atom. The van der Waals surface area contributed by atoms with Gasteiger partial charge in [-0.3, -0.25) is 4.79 Å². The van der Waals surface area contributed by atoms with Gasteiger partial charge in [0.05, 0.1) is 5.56 Å². The van der Waals surface area contributed by atoms with Gasteiger partial charge < -0.3 is 10.0 Å². The summed E-state index contributed by atoms with van der Waals surface area (Å²) in [7, 11) is 0. The van der Waals surface area contributed by atoms with E-state index in [0.717, 1.165) is 4.90 Å². The van der Waals surface area contributed by atoms with E-state index in [0.29, 0.717) is 27.4 Å². The van der Waals surface area contributed by atoms with Crippen molar-refractivity contribution < 1.29 is 27.9 Å². The zero-order chi connectivity index (χ0) is 17.4. The molecule has 0 bridgehead atoms. The summed E-state index contributed by atoms with van der Waals surface area (Å²) in [5, 5.41) is 9.07. The quantitative estimate of drug-likeness (QED) is 0.723. The second kappa shape index (κ2) is 6.80. The van der Waals surface area contributed by atoms with Crippen LogP contribution in [-0.2, 0) is 4.79 Å². The molecular weight excluding hydrogens is 447 g/mol. The van der Waals surface area contributed by atoms with Crippen molar-refractivity contribution >= 4 is 43.7 Å². The number of carboxylic acid groups (broad SMARTS) is 1. The molecule has 4 nitrogen and oxygen atoms in total. The van der Waals surface area contributed by atoms with Crippen LogP contribution in [0.4, 0.5) is 13.2 Å². The van der Waals surface area contributed by atoms with Crippen LogP contribution in [0.3, 0.4) is 0 Å². The van der Waals surface area contributed by atoms with Crippen molar-refractivity contribution in [3.05, 3.63) is 32.2 Å². The van der Waals surface area contributed by atoms with Gasteiger partial charge in [0, 0.05) is 28.0 Å². The molecule has 1 saturated heterocycles. The molecule has 1 amide bonds. The van der Waals surface area contributed by atoms with Crippen molar-refractivity contribution in [1.82, 2.24) is 4.90 Å². The van der Waals surface area contributed by atoms with Crippen LogP contribution in [0.2, 0.25) is 0 Å². The average molecular weight is 459 g/mol. The zero-order valence-electron chi connectivity index (χ0n) is 11.7. The fourth-order valence-electron chi connectivity index (χ4n) is 2.63. The van der Waals surface area contributed by atoms with E-state index >= 15 is 0 Å². The molecule has 126 valence electrons. The van der Waals surface area contributed by atoms with Gasteiger partial charge in [0.25, 0.3) is 0 Å². The highest BCUT2D eigenvalue weighted by Gasteiger charge is 2.43. The fraction of sp³-hybridized carbons (Fsp3) is 0.429. The summed E-state index contributed by atoms with van der Waals surface area (Å²) in [6.07, 6.45) is -3.80. The average Bonchev–Trinajstić information content (AvgIpc) is 2.47. The standard InChI is InChI=1S/C14H12Br2F3NO3/c15-10-5-9(12(21)22)11(16)4-8(10)7-2-1-3-20(6-7)13(23)14(17,18)19/h4-5,7H,1-3,6H2,(H,21,22). The van der Waals surface area contributed by atoms with Crippen molar-refractivity contribution in [3.8, 4) is 0 Å². The number of rotatable bonds is 2. The molecule has 1 aliphatic rings. The number of hydrogen-bond donors (Lipinski definition) is 1. The number of nitrogens with zero attached hydrogens (tertiary/aromatic N) is 1. The van der Waals surface area contributed by atoms with Crippen molar-refractivity contribution in [1.29, 1.82) is 0 Å².